The fourth-order valence-electron chi connectivity index (χ4n) is 4.47. The molecule has 1 heterocycles. The predicted octanol–water partition coefficient (Wildman–Crippen LogP) is 3.65. The molecule has 7 nitrogen and oxygen atoms in total. The van der Waals surface area contributed by atoms with Crippen LogP contribution in [0.1, 0.15) is 37.7 Å². The number of nitrogens with zero attached hydrogens (tertiary/aromatic N) is 1. The van der Waals surface area contributed by atoms with Gasteiger partial charge < -0.3 is 15.4 Å². The Kier molecular flexibility index (Phi) is 8.61. The van der Waals surface area contributed by atoms with Gasteiger partial charge in [0, 0.05) is 38.8 Å². The zero-order valence-electron chi connectivity index (χ0n) is 19.3. The molecule has 180 valence electrons. The highest BCUT2D eigenvalue weighted by molar-refractivity contribution is 7.89. The molecule has 1 aliphatic carbocycles. The Bertz CT molecular complexity index is 972. The molecular formula is C25H36N4O3S. The van der Waals surface area contributed by atoms with Crippen molar-refractivity contribution < 1.29 is 13.2 Å². The van der Waals surface area contributed by atoms with Crippen molar-refractivity contribution in [1.82, 2.24) is 9.62 Å². The molecule has 1 saturated carbocycles. The second-order valence-electron chi connectivity index (χ2n) is 8.88. The zero-order valence-corrected chi connectivity index (χ0v) is 20.1. The number of sulfonamides is 1. The predicted molar refractivity (Wildman–Crippen MR) is 133 cm³/mol. The van der Waals surface area contributed by atoms with E-state index in [0.29, 0.717) is 38.9 Å². The number of benzene rings is 2. The molecule has 1 saturated heterocycles. The Morgan fingerprint density at radius 1 is 0.939 bits per heavy atom. The molecule has 3 N–H and O–H groups in total. The van der Waals surface area contributed by atoms with Gasteiger partial charge in [0.15, 0.2) is 0 Å². The normalized spacial score (nSPS) is 18.2. The fourth-order valence-corrected chi connectivity index (χ4v) is 5.52. The second-order valence-corrected chi connectivity index (χ2v) is 10.6. The maximum absolute atomic E-state index is 13.0. The van der Waals surface area contributed by atoms with E-state index in [1.165, 1.54) is 19.3 Å². The van der Waals surface area contributed by atoms with E-state index in [-0.39, 0.29) is 4.90 Å². The van der Waals surface area contributed by atoms with Crippen LogP contribution in [0.15, 0.2) is 53.4 Å². The molecule has 0 aromatic heterocycles. The van der Waals surface area contributed by atoms with Crippen LogP contribution >= 0.6 is 0 Å². The van der Waals surface area contributed by atoms with E-state index in [1.807, 2.05) is 24.3 Å². The van der Waals surface area contributed by atoms with Gasteiger partial charge in [0.05, 0.1) is 29.5 Å². The molecule has 2 aliphatic rings. The summed E-state index contributed by atoms with van der Waals surface area (Å²) in [5.74, 6) is 0. The fraction of sp³-hybridized carbons (Fsp3) is 0.520. The second kappa shape index (κ2) is 11.8. The van der Waals surface area contributed by atoms with Gasteiger partial charge in [-0.3, -0.25) is 4.90 Å². The summed E-state index contributed by atoms with van der Waals surface area (Å²) < 4.78 is 34.1. The van der Waals surface area contributed by atoms with Crippen LogP contribution in [-0.2, 0) is 21.3 Å². The average molecular weight is 473 g/mol. The molecule has 2 aromatic rings. The smallest absolute Gasteiger partial charge is 0.240 e. The summed E-state index contributed by atoms with van der Waals surface area (Å²) in [6, 6.07) is 15.9. The Morgan fingerprint density at radius 3 is 2.45 bits per heavy atom. The van der Waals surface area contributed by atoms with Crippen LogP contribution in [-0.4, -0.2) is 58.8 Å². The molecule has 0 unspecified atom stereocenters. The zero-order chi connectivity index (χ0) is 22.9. The maximum Gasteiger partial charge on any atom is 0.240 e. The highest BCUT2D eigenvalue weighted by Crippen LogP contribution is 2.29. The van der Waals surface area contributed by atoms with Gasteiger partial charge in [-0.15, -0.1) is 0 Å². The van der Waals surface area contributed by atoms with Gasteiger partial charge in [0.25, 0.3) is 0 Å². The number of hydrogen-bond acceptors (Lipinski definition) is 6. The molecular weight excluding hydrogens is 436 g/mol. The molecule has 4 rings (SSSR count). The maximum atomic E-state index is 13.0. The summed E-state index contributed by atoms with van der Waals surface area (Å²) in [6.07, 6.45) is 6.08. The van der Waals surface area contributed by atoms with Crippen molar-refractivity contribution in [3.8, 4) is 0 Å². The lowest BCUT2D eigenvalue weighted by atomic mass is 9.95. The Balaban J connectivity index is 1.45. The Hall–Kier alpha value is -2.13. The first-order valence-corrected chi connectivity index (χ1v) is 13.6. The van der Waals surface area contributed by atoms with Crippen molar-refractivity contribution in [3.05, 3.63) is 54.1 Å². The lowest BCUT2D eigenvalue weighted by Gasteiger charge is -2.26. The number of anilines is 2. The van der Waals surface area contributed by atoms with Crippen LogP contribution in [0.25, 0.3) is 0 Å². The van der Waals surface area contributed by atoms with E-state index in [9.17, 15) is 8.42 Å². The summed E-state index contributed by atoms with van der Waals surface area (Å²) in [6.45, 7) is 4.80. The van der Waals surface area contributed by atoms with Crippen LogP contribution in [0.2, 0.25) is 0 Å². The van der Waals surface area contributed by atoms with Crippen molar-refractivity contribution in [3.63, 3.8) is 0 Å². The van der Waals surface area contributed by atoms with E-state index in [1.54, 1.807) is 12.1 Å². The van der Waals surface area contributed by atoms with Crippen molar-refractivity contribution in [1.29, 1.82) is 0 Å². The minimum atomic E-state index is -3.59. The van der Waals surface area contributed by atoms with Crippen molar-refractivity contribution in [2.75, 3.05) is 50.0 Å². The first kappa shape index (κ1) is 24.0. The lowest BCUT2D eigenvalue weighted by Crippen LogP contribution is -2.41. The summed E-state index contributed by atoms with van der Waals surface area (Å²) in [4.78, 5) is 2.50. The number of hydrogen-bond donors (Lipinski definition) is 3. The first-order valence-electron chi connectivity index (χ1n) is 12.1. The number of ether oxygens (including phenoxy) is 1. The van der Waals surface area contributed by atoms with Crippen LogP contribution in [0.3, 0.4) is 0 Å². The molecule has 0 atom stereocenters. The van der Waals surface area contributed by atoms with Crippen LogP contribution < -0.4 is 15.4 Å². The topological polar surface area (TPSA) is 82.7 Å². The van der Waals surface area contributed by atoms with Crippen molar-refractivity contribution in [2.24, 2.45) is 0 Å². The molecule has 2 aromatic carbocycles. The van der Waals surface area contributed by atoms with Gasteiger partial charge in [-0.1, -0.05) is 49.6 Å². The Morgan fingerprint density at radius 2 is 1.70 bits per heavy atom. The van der Waals surface area contributed by atoms with Gasteiger partial charge in [0.1, 0.15) is 0 Å². The standard InChI is InChI=1S/C25H36N4O3S/c30-33(31,27-13-14-29-15-17-32-18-16-29)23-11-12-24(28-22-9-5-2-6-10-22)25(19-23)26-20-21-7-3-1-4-8-21/h1,3-4,7-8,11-12,19,22,26-28H,2,5-6,9-10,13-18,20H2. The minimum Gasteiger partial charge on any atom is -0.381 e. The number of nitrogens with one attached hydrogen (secondary N) is 3. The highest BCUT2D eigenvalue weighted by atomic mass is 32.2. The summed E-state index contributed by atoms with van der Waals surface area (Å²) in [5.41, 5.74) is 2.93. The van der Waals surface area contributed by atoms with Gasteiger partial charge in [-0.25, -0.2) is 13.1 Å². The minimum absolute atomic E-state index is 0.286. The van der Waals surface area contributed by atoms with Gasteiger partial charge >= 0.3 is 0 Å². The lowest BCUT2D eigenvalue weighted by molar-refractivity contribution is 0.0390. The molecule has 2 fully saturated rings. The first-order chi connectivity index (χ1) is 16.1. The SMILES string of the molecule is O=S(=O)(NCCN1CCOCC1)c1ccc(NC2CCCCC2)c(NCc2ccccc2)c1. The third kappa shape index (κ3) is 7.17. The number of morpholine rings is 1. The molecule has 1 aliphatic heterocycles. The van der Waals surface area contributed by atoms with E-state index in [0.717, 1.165) is 42.9 Å². The Labute approximate surface area is 198 Å². The van der Waals surface area contributed by atoms with E-state index in [2.05, 4.69) is 32.4 Å². The summed E-state index contributed by atoms with van der Waals surface area (Å²) in [5, 5.41) is 7.12. The molecule has 0 radical (unpaired) electrons. The van der Waals surface area contributed by atoms with E-state index >= 15 is 0 Å². The summed E-state index contributed by atoms with van der Waals surface area (Å²) in [7, 11) is -3.59. The van der Waals surface area contributed by atoms with Gasteiger partial charge in [-0.05, 0) is 36.6 Å². The molecule has 33 heavy (non-hydrogen) atoms. The molecule has 0 bridgehead atoms. The highest BCUT2D eigenvalue weighted by Gasteiger charge is 2.19. The monoisotopic (exact) mass is 472 g/mol. The summed E-state index contributed by atoms with van der Waals surface area (Å²) >= 11 is 0. The van der Waals surface area contributed by atoms with Crippen LogP contribution in [0.4, 0.5) is 11.4 Å². The van der Waals surface area contributed by atoms with Crippen molar-refractivity contribution >= 4 is 21.4 Å². The molecule has 0 amide bonds. The van der Waals surface area contributed by atoms with Gasteiger partial charge in [-0.2, -0.15) is 0 Å². The third-order valence-corrected chi connectivity index (χ3v) is 7.87. The quantitative estimate of drug-likeness (QED) is 0.490. The van der Waals surface area contributed by atoms with E-state index in [4.69, 9.17) is 4.74 Å². The van der Waals surface area contributed by atoms with Crippen molar-refractivity contribution in [2.45, 2.75) is 49.6 Å². The van der Waals surface area contributed by atoms with Crippen LogP contribution in [0.5, 0.6) is 0 Å². The largest absolute Gasteiger partial charge is 0.381 e. The average Bonchev–Trinajstić information content (AvgIpc) is 2.85. The van der Waals surface area contributed by atoms with E-state index < -0.39 is 10.0 Å². The molecule has 0 spiro atoms. The van der Waals surface area contributed by atoms with Crippen LogP contribution in [0, 0.1) is 0 Å². The van der Waals surface area contributed by atoms with Gasteiger partial charge in [0.2, 0.25) is 10.0 Å². The number of rotatable bonds is 10. The molecule has 8 heteroatoms. The third-order valence-electron chi connectivity index (χ3n) is 6.42.